The molecule has 1 atom stereocenters. The molecule has 0 aliphatic heterocycles. The maximum absolute atomic E-state index is 5.26. The van der Waals surface area contributed by atoms with Gasteiger partial charge in [-0.05, 0) is 24.5 Å². The molecule has 0 fully saturated rings. The molecule has 0 aromatic carbocycles. The summed E-state index contributed by atoms with van der Waals surface area (Å²) >= 11 is 0. The van der Waals surface area contributed by atoms with Gasteiger partial charge in [-0.25, -0.2) is 0 Å². The fraction of sp³-hybridized carbons (Fsp3) is 0.545. The fourth-order valence-corrected chi connectivity index (χ4v) is 1.37. The molecule has 1 heterocycles. The van der Waals surface area contributed by atoms with Gasteiger partial charge in [0.2, 0.25) is 0 Å². The molecule has 1 aromatic heterocycles. The highest BCUT2D eigenvalue weighted by molar-refractivity contribution is 5.24. The predicted octanol–water partition coefficient (Wildman–Crippen LogP) is 2.91. The van der Waals surface area contributed by atoms with Crippen molar-refractivity contribution in [3.8, 4) is 0 Å². The van der Waals surface area contributed by atoms with Crippen LogP contribution in [0.4, 0.5) is 0 Å². The molecule has 1 rings (SSSR count). The predicted molar refractivity (Wildman–Crippen MR) is 53.8 cm³/mol. The average Bonchev–Trinajstić information content (AvgIpc) is 2.16. The van der Waals surface area contributed by atoms with Crippen LogP contribution < -0.4 is 0 Å². The molecule has 72 valence electrons. The zero-order chi connectivity index (χ0) is 9.84. The zero-order valence-electron chi connectivity index (χ0n) is 8.74. The van der Waals surface area contributed by atoms with E-state index in [2.05, 4.69) is 24.9 Å². The molecule has 0 saturated carbocycles. The van der Waals surface area contributed by atoms with Crippen LogP contribution in [-0.2, 0) is 4.74 Å². The van der Waals surface area contributed by atoms with Gasteiger partial charge in [0, 0.05) is 13.3 Å². The second-order valence-corrected chi connectivity index (χ2v) is 3.51. The van der Waals surface area contributed by atoms with Crippen LogP contribution in [0.2, 0.25) is 0 Å². The first-order chi connectivity index (χ1) is 6.16. The molecule has 2 heteroatoms. The van der Waals surface area contributed by atoms with Gasteiger partial charge in [0.25, 0.3) is 0 Å². The van der Waals surface area contributed by atoms with Crippen LogP contribution in [0.1, 0.15) is 44.1 Å². The Labute approximate surface area is 80.0 Å². The number of hydrogen-bond acceptors (Lipinski definition) is 2. The van der Waals surface area contributed by atoms with Crippen molar-refractivity contribution < 1.29 is 4.74 Å². The van der Waals surface area contributed by atoms with Gasteiger partial charge >= 0.3 is 0 Å². The van der Waals surface area contributed by atoms with E-state index in [1.807, 2.05) is 19.2 Å². The van der Waals surface area contributed by atoms with Gasteiger partial charge in [-0.15, -0.1) is 0 Å². The summed E-state index contributed by atoms with van der Waals surface area (Å²) < 4.78 is 5.26. The Morgan fingerprint density at radius 1 is 1.31 bits per heavy atom. The van der Waals surface area contributed by atoms with Crippen molar-refractivity contribution in [3.63, 3.8) is 0 Å². The van der Waals surface area contributed by atoms with Crippen molar-refractivity contribution in [2.75, 3.05) is 7.11 Å². The Bertz CT molecular complexity index is 271. The Morgan fingerprint density at radius 2 is 2.00 bits per heavy atom. The minimum absolute atomic E-state index is 0.0820. The van der Waals surface area contributed by atoms with E-state index in [0.717, 1.165) is 5.69 Å². The summed E-state index contributed by atoms with van der Waals surface area (Å²) in [6.07, 6.45) is 1.90. The molecule has 0 spiro atoms. The third kappa shape index (κ3) is 2.28. The van der Waals surface area contributed by atoms with Gasteiger partial charge in [-0.2, -0.15) is 0 Å². The van der Waals surface area contributed by atoms with Gasteiger partial charge in [0.15, 0.2) is 0 Å². The number of rotatable bonds is 3. The van der Waals surface area contributed by atoms with Crippen LogP contribution in [-0.4, -0.2) is 12.1 Å². The van der Waals surface area contributed by atoms with E-state index < -0.39 is 0 Å². The molecule has 0 radical (unpaired) electrons. The molecule has 0 bridgehead atoms. The second-order valence-electron chi connectivity index (χ2n) is 3.51. The third-order valence-electron chi connectivity index (χ3n) is 2.23. The summed E-state index contributed by atoms with van der Waals surface area (Å²) in [5, 5.41) is 0. The number of aromatic nitrogens is 1. The smallest absolute Gasteiger partial charge is 0.0965 e. The lowest BCUT2D eigenvalue weighted by Crippen LogP contribution is -2.05. The van der Waals surface area contributed by atoms with Crippen molar-refractivity contribution >= 4 is 0 Å². The van der Waals surface area contributed by atoms with Crippen LogP contribution in [0.15, 0.2) is 18.3 Å². The van der Waals surface area contributed by atoms with Crippen molar-refractivity contribution in [1.29, 1.82) is 0 Å². The van der Waals surface area contributed by atoms with E-state index in [9.17, 15) is 0 Å². The van der Waals surface area contributed by atoms with Crippen LogP contribution in [0.25, 0.3) is 0 Å². The molecule has 0 saturated heterocycles. The van der Waals surface area contributed by atoms with Gasteiger partial charge in [-0.1, -0.05) is 19.9 Å². The minimum atomic E-state index is 0.0820. The number of methoxy groups -OCH3 is 1. The van der Waals surface area contributed by atoms with E-state index in [4.69, 9.17) is 4.74 Å². The van der Waals surface area contributed by atoms with Crippen LogP contribution in [0.3, 0.4) is 0 Å². The standard InChI is InChI=1S/C11H17NO/c1-8(2)10-6-5-7-12-11(10)9(3)13-4/h5-9H,1-4H3. The Morgan fingerprint density at radius 3 is 2.54 bits per heavy atom. The van der Waals surface area contributed by atoms with Crippen molar-refractivity contribution in [1.82, 2.24) is 4.98 Å². The molecular weight excluding hydrogens is 162 g/mol. The molecule has 1 unspecified atom stereocenters. The monoisotopic (exact) mass is 179 g/mol. The third-order valence-corrected chi connectivity index (χ3v) is 2.23. The second kappa shape index (κ2) is 4.38. The van der Waals surface area contributed by atoms with Crippen LogP contribution in [0.5, 0.6) is 0 Å². The Kier molecular flexibility index (Phi) is 3.43. The van der Waals surface area contributed by atoms with Gasteiger partial charge in [0.05, 0.1) is 11.8 Å². The van der Waals surface area contributed by atoms with Crippen LogP contribution in [0, 0.1) is 0 Å². The number of nitrogens with zero attached hydrogens (tertiary/aromatic N) is 1. The van der Waals surface area contributed by atoms with Gasteiger partial charge < -0.3 is 4.74 Å². The van der Waals surface area contributed by atoms with Crippen LogP contribution >= 0.6 is 0 Å². The summed E-state index contributed by atoms with van der Waals surface area (Å²) in [4.78, 5) is 4.35. The summed E-state index contributed by atoms with van der Waals surface area (Å²) in [7, 11) is 1.71. The zero-order valence-corrected chi connectivity index (χ0v) is 8.74. The molecule has 0 amide bonds. The molecule has 13 heavy (non-hydrogen) atoms. The molecule has 0 aliphatic carbocycles. The first kappa shape index (κ1) is 10.2. The van der Waals surface area contributed by atoms with Crippen molar-refractivity contribution in [3.05, 3.63) is 29.6 Å². The highest BCUT2D eigenvalue weighted by Crippen LogP contribution is 2.23. The van der Waals surface area contributed by atoms with E-state index in [1.54, 1.807) is 7.11 Å². The molecule has 1 aromatic rings. The van der Waals surface area contributed by atoms with E-state index in [0.29, 0.717) is 5.92 Å². The lowest BCUT2D eigenvalue weighted by Gasteiger charge is -2.15. The van der Waals surface area contributed by atoms with E-state index >= 15 is 0 Å². The lowest BCUT2D eigenvalue weighted by atomic mass is 9.99. The maximum Gasteiger partial charge on any atom is 0.0965 e. The first-order valence-corrected chi connectivity index (χ1v) is 4.64. The first-order valence-electron chi connectivity index (χ1n) is 4.64. The Balaban J connectivity index is 3.04. The summed E-state index contributed by atoms with van der Waals surface area (Å²) in [5.41, 5.74) is 2.33. The average molecular weight is 179 g/mol. The minimum Gasteiger partial charge on any atom is -0.375 e. The van der Waals surface area contributed by atoms with Gasteiger partial charge in [0.1, 0.15) is 0 Å². The molecule has 0 N–H and O–H groups in total. The molecule has 0 aliphatic rings. The van der Waals surface area contributed by atoms with Crippen molar-refractivity contribution in [2.24, 2.45) is 0 Å². The highest BCUT2D eigenvalue weighted by atomic mass is 16.5. The van der Waals surface area contributed by atoms with E-state index in [-0.39, 0.29) is 6.10 Å². The maximum atomic E-state index is 5.26. The van der Waals surface area contributed by atoms with Crippen molar-refractivity contribution in [2.45, 2.75) is 32.8 Å². The summed E-state index contributed by atoms with van der Waals surface area (Å²) in [5.74, 6) is 0.501. The number of ether oxygens (including phenoxy) is 1. The SMILES string of the molecule is COC(C)c1ncccc1C(C)C. The molecule has 2 nitrogen and oxygen atoms in total. The normalized spacial score (nSPS) is 13.3. The highest BCUT2D eigenvalue weighted by Gasteiger charge is 2.12. The summed E-state index contributed by atoms with van der Waals surface area (Å²) in [6, 6.07) is 4.09. The Hall–Kier alpha value is -0.890. The van der Waals surface area contributed by atoms with E-state index in [1.165, 1.54) is 5.56 Å². The number of hydrogen-bond donors (Lipinski definition) is 0. The fourth-order valence-electron chi connectivity index (χ4n) is 1.37. The quantitative estimate of drug-likeness (QED) is 0.711. The largest absolute Gasteiger partial charge is 0.375 e. The van der Waals surface area contributed by atoms with Gasteiger partial charge in [-0.3, -0.25) is 4.98 Å². The summed E-state index contributed by atoms with van der Waals surface area (Å²) in [6.45, 7) is 6.36. The molecular formula is C11H17NO. The topological polar surface area (TPSA) is 22.1 Å². The lowest BCUT2D eigenvalue weighted by molar-refractivity contribution is 0.115. The number of pyridine rings is 1.